The van der Waals surface area contributed by atoms with Gasteiger partial charge in [-0.3, -0.25) is 9.59 Å². The summed E-state index contributed by atoms with van der Waals surface area (Å²) in [5.41, 5.74) is 1.94. The summed E-state index contributed by atoms with van der Waals surface area (Å²) < 4.78 is 10.4. The molecule has 1 aromatic heterocycles. The summed E-state index contributed by atoms with van der Waals surface area (Å²) in [4.78, 5) is 30.6. The number of H-pyrrole nitrogens is 1. The molecule has 0 aliphatic carbocycles. The number of nitrogens with one attached hydrogen (secondary N) is 2. The molecule has 0 radical (unpaired) electrons. The SMILES string of the molecule is COc1ccc(NC(=O)C2CSCN2C(=O)c2cc3ccc(OC)cc3[nH]2)cc1. The van der Waals surface area contributed by atoms with Gasteiger partial charge in [0.1, 0.15) is 23.2 Å². The van der Waals surface area contributed by atoms with E-state index in [1.807, 2.05) is 18.2 Å². The number of rotatable bonds is 5. The van der Waals surface area contributed by atoms with Crippen LogP contribution in [0.25, 0.3) is 10.9 Å². The number of thioether (sulfide) groups is 1. The summed E-state index contributed by atoms with van der Waals surface area (Å²) in [5, 5.41) is 3.80. The van der Waals surface area contributed by atoms with Gasteiger partial charge in [-0.05, 0) is 42.5 Å². The topological polar surface area (TPSA) is 83.7 Å². The van der Waals surface area contributed by atoms with Crippen molar-refractivity contribution >= 4 is 40.2 Å². The van der Waals surface area contributed by atoms with E-state index in [-0.39, 0.29) is 11.8 Å². The van der Waals surface area contributed by atoms with Crippen molar-refractivity contribution in [1.29, 1.82) is 0 Å². The van der Waals surface area contributed by atoms with Crippen molar-refractivity contribution < 1.29 is 19.1 Å². The maximum absolute atomic E-state index is 13.1. The summed E-state index contributed by atoms with van der Waals surface area (Å²) in [6, 6.07) is 14.0. The number of carbonyl (C=O) groups is 2. The summed E-state index contributed by atoms with van der Waals surface area (Å²) in [7, 11) is 3.19. The maximum Gasteiger partial charge on any atom is 0.271 e. The molecule has 2 amide bonds. The fourth-order valence-corrected chi connectivity index (χ4v) is 4.42. The number of carbonyl (C=O) groups excluding carboxylic acids is 2. The lowest BCUT2D eigenvalue weighted by Crippen LogP contribution is -2.44. The van der Waals surface area contributed by atoms with Gasteiger partial charge in [0.25, 0.3) is 5.91 Å². The van der Waals surface area contributed by atoms with Crippen molar-refractivity contribution in [3.8, 4) is 11.5 Å². The summed E-state index contributed by atoms with van der Waals surface area (Å²) in [5.74, 6) is 2.06. The third-order valence-corrected chi connectivity index (χ3v) is 5.88. The van der Waals surface area contributed by atoms with Crippen LogP contribution in [0.4, 0.5) is 5.69 Å². The standard InChI is InChI=1S/C21H21N3O4S/c1-27-15-7-4-14(5-8-15)22-20(25)19-11-29-12-24(19)21(26)18-9-13-3-6-16(28-2)10-17(13)23-18/h3-10,19,23H,11-12H2,1-2H3,(H,22,25). The highest BCUT2D eigenvalue weighted by atomic mass is 32.2. The van der Waals surface area contributed by atoms with E-state index in [1.54, 1.807) is 61.2 Å². The van der Waals surface area contributed by atoms with Crippen molar-refractivity contribution in [3.05, 3.63) is 54.2 Å². The molecule has 7 nitrogen and oxygen atoms in total. The van der Waals surface area contributed by atoms with Crippen LogP contribution in [0.1, 0.15) is 10.5 Å². The molecule has 4 rings (SSSR count). The second-order valence-electron chi connectivity index (χ2n) is 6.64. The Kier molecular flexibility index (Phi) is 5.35. The summed E-state index contributed by atoms with van der Waals surface area (Å²) in [6.07, 6.45) is 0. The molecule has 0 bridgehead atoms. The molecular weight excluding hydrogens is 390 g/mol. The quantitative estimate of drug-likeness (QED) is 0.673. The number of amides is 2. The fourth-order valence-electron chi connectivity index (χ4n) is 3.26. The molecule has 150 valence electrons. The Bertz CT molecular complexity index is 1050. The van der Waals surface area contributed by atoms with Crippen LogP contribution < -0.4 is 14.8 Å². The van der Waals surface area contributed by atoms with E-state index in [0.29, 0.717) is 34.5 Å². The van der Waals surface area contributed by atoms with Crippen molar-refractivity contribution in [2.75, 3.05) is 31.2 Å². The second kappa shape index (κ2) is 8.08. The number of benzene rings is 2. The summed E-state index contributed by atoms with van der Waals surface area (Å²) >= 11 is 1.56. The van der Waals surface area contributed by atoms with E-state index in [9.17, 15) is 9.59 Å². The van der Waals surface area contributed by atoms with E-state index >= 15 is 0 Å². The number of methoxy groups -OCH3 is 2. The Hall–Kier alpha value is -3.13. The Morgan fingerprint density at radius 2 is 1.79 bits per heavy atom. The molecule has 29 heavy (non-hydrogen) atoms. The van der Waals surface area contributed by atoms with E-state index in [0.717, 1.165) is 10.9 Å². The average Bonchev–Trinajstić information content (AvgIpc) is 3.40. The minimum absolute atomic E-state index is 0.194. The lowest BCUT2D eigenvalue weighted by molar-refractivity contribution is -0.119. The first-order chi connectivity index (χ1) is 14.1. The first-order valence-electron chi connectivity index (χ1n) is 9.09. The zero-order valence-corrected chi connectivity index (χ0v) is 16.9. The second-order valence-corrected chi connectivity index (χ2v) is 7.64. The third kappa shape index (κ3) is 3.88. The van der Waals surface area contributed by atoms with Crippen LogP contribution >= 0.6 is 11.8 Å². The van der Waals surface area contributed by atoms with Gasteiger partial charge in [0.15, 0.2) is 0 Å². The zero-order valence-electron chi connectivity index (χ0n) is 16.1. The highest BCUT2D eigenvalue weighted by molar-refractivity contribution is 7.99. The van der Waals surface area contributed by atoms with Crippen molar-refractivity contribution in [1.82, 2.24) is 9.88 Å². The third-order valence-electron chi connectivity index (χ3n) is 4.86. The highest BCUT2D eigenvalue weighted by Gasteiger charge is 2.35. The molecule has 0 spiro atoms. The van der Waals surface area contributed by atoms with Gasteiger partial charge in [0.2, 0.25) is 5.91 Å². The van der Waals surface area contributed by atoms with Gasteiger partial charge in [0, 0.05) is 28.4 Å². The van der Waals surface area contributed by atoms with Gasteiger partial charge < -0.3 is 24.7 Å². The molecule has 1 aliphatic rings. The Balaban J connectivity index is 1.51. The normalized spacial score (nSPS) is 16.1. The molecule has 3 aromatic rings. The number of aromatic amines is 1. The average molecular weight is 411 g/mol. The predicted molar refractivity (Wildman–Crippen MR) is 114 cm³/mol. The lowest BCUT2D eigenvalue weighted by atomic mass is 10.2. The van der Waals surface area contributed by atoms with Crippen LogP contribution in [0.2, 0.25) is 0 Å². The number of ether oxygens (including phenoxy) is 2. The van der Waals surface area contributed by atoms with Gasteiger partial charge in [0.05, 0.1) is 20.1 Å². The number of nitrogens with zero attached hydrogens (tertiary/aromatic N) is 1. The molecule has 1 aliphatic heterocycles. The van der Waals surface area contributed by atoms with E-state index < -0.39 is 6.04 Å². The first-order valence-corrected chi connectivity index (χ1v) is 10.2. The molecule has 2 aromatic carbocycles. The van der Waals surface area contributed by atoms with Crippen LogP contribution in [0, 0.1) is 0 Å². The van der Waals surface area contributed by atoms with Gasteiger partial charge in [-0.2, -0.15) is 0 Å². The first kappa shape index (κ1) is 19.2. The Morgan fingerprint density at radius 3 is 2.52 bits per heavy atom. The predicted octanol–water partition coefficient (Wildman–Crippen LogP) is 3.34. The molecular formula is C21H21N3O4S. The monoisotopic (exact) mass is 411 g/mol. The fraction of sp³-hybridized carbons (Fsp3) is 0.238. The number of hydrogen-bond acceptors (Lipinski definition) is 5. The molecule has 1 saturated heterocycles. The largest absolute Gasteiger partial charge is 0.497 e. The van der Waals surface area contributed by atoms with E-state index in [1.165, 1.54) is 0 Å². The van der Waals surface area contributed by atoms with Gasteiger partial charge in [-0.25, -0.2) is 0 Å². The van der Waals surface area contributed by atoms with Crippen molar-refractivity contribution in [2.45, 2.75) is 6.04 Å². The summed E-state index contributed by atoms with van der Waals surface area (Å²) in [6.45, 7) is 0. The van der Waals surface area contributed by atoms with Gasteiger partial charge >= 0.3 is 0 Å². The van der Waals surface area contributed by atoms with Crippen LogP contribution in [0.15, 0.2) is 48.5 Å². The molecule has 8 heteroatoms. The minimum atomic E-state index is -0.532. The molecule has 0 saturated carbocycles. The number of hydrogen-bond donors (Lipinski definition) is 2. The molecule has 1 unspecified atom stereocenters. The zero-order chi connectivity index (χ0) is 20.4. The maximum atomic E-state index is 13.1. The van der Waals surface area contributed by atoms with Crippen LogP contribution in [-0.4, -0.2) is 53.6 Å². The number of fused-ring (bicyclic) bond motifs is 1. The molecule has 1 fully saturated rings. The van der Waals surface area contributed by atoms with Gasteiger partial charge in [-0.1, -0.05) is 0 Å². The van der Waals surface area contributed by atoms with Gasteiger partial charge in [-0.15, -0.1) is 11.8 Å². The van der Waals surface area contributed by atoms with Crippen molar-refractivity contribution in [2.24, 2.45) is 0 Å². The number of aromatic nitrogens is 1. The van der Waals surface area contributed by atoms with E-state index in [2.05, 4.69) is 10.3 Å². The Morgan fingerprint density at radius 1 is 1.07 bits per heavy atom. The minimum Gasteiger partial charge on any atom is -0.497 e. The Labute approximate surface area is 172 Å². The van der Waals surface area contributed by atoms with E-state index in [4.69, 9.17) is 9.47 Å². The molecule has 1 atom stereocenters. The lowest BCUT2D eigenvalue weighted by Gasteiger charge is -2.22. The number of anilines is 1. The highest BCUT2D eigenvalue weighted by Crippen LogP contribution is 2.27. The van der Waals surface area contributed by atoms with Crippen LogP contribution in [0.3, 0.4) is 0 Å². The van der Waals surface area contributed by atoms with Crippen LogP contribution in [0.5, 0.6) is 11.5 Å². The molecule has 2 heterocycles. The molecule has 2 N–H and O–H groups in total. The van der Waals surface area contributed by atoms with Crippen LogP contribution in [-0.2, 0) is 4.79 Å². The van der Waals surface area contributed by atoms with Crippen molar-refractivity contribution in [3.63, 3.8) is 0 Å². The smallest absolute Gasteiger partial charge is 0.271 e.